The van der Waals surface area contributed by atoms with E-state index in [2.05, 4.69) is 15.9 Å². The lowest BCUT2D eigenvalue weighted by Crippen LogP contribution is -2.08. The van der Waals surface area contributed by atoms with E-state index in [0.29, 0.717) is 0 Å². The molecule has 2 rings (SSSR count). The Hall–Kier alpha value is -1.27. The van der Waals surface area contributed by atoms with Crippen molar-refractivity contribution in [2.45, 2.75) is 6.92 Å². The fourth-order valence-electron chi connectivity index (χ4n) is 1.57. The molecule has 0 amide bonds. The monoisotopic (exact) mass is 346 g/mol. The highest BCUT2D eigenvalue weighted by molar-refractivity contribution is 9.11. The maximum absolute atomic E-state index is 14.1. The van der Waals surface area contributed by atoms with Crippen LogP contribution in [-0.2, 0) is 0 Å². The van der Waals surface area contributed by atoms with Crippen LogP contribution in [0.5, 0.6) is 5.75 Å². The summed E-state index contributed by atoms with van der Waals surface area (Å²) in [4.78, 5) is 12.4. The second-order valence-corrected chi connectivity index (χ2v) is 6.06. The molecule has 100 valence electrons. The van der Waals surface area contributed by atoms with Crippen LogP contribution < -0.4 is 4.74 Å². The van der Waals surface area contributed by atoms with E-state index in [9.17, 15) is 13.6 Å². The smallest absolute Gasteiger partial charge is 0.209 e. The number of ketones is 1. The molecule has 2 nitrogen and oxygen atoms in total. The van der Waals surface area contributed by atoms with Crippen LogP contribution in [0.1, 0.15) is 22.2 Å². The molecule has 0 aliphatic heterocycles. The van der Waals surface area contributed by atoms with Crippen molar-refractivity contribution in [3.8, 4) is 5.75 Å². The van der Waals surface area contributed by atoms with Gasteiger partial charge in [-0.05, 0) is 47.1 Å². The van der Waals surface area contributed by atoms with Crippen LogP contribution in [0.25, 0.3) is 0 Å². The number of hydrogen-bond donors (Lipinski definition) is 0. The average molecular weight is 347 g/mol. The Morgan fingerprint density at radius 1 is 1.32 bits per heavy atom. The molecule has 0 atom stereocenters. The van der Waals surface area contributed by atoms with Gasteiger partial charge in [0.1, 0.15) is 5.82 Å². The first kappa shape index (κ1) is 14.1. The first-order valence-corrected chi connectivity index (χ1v) is 7.06. The largest absolute Gasteiger partial charge is 0.491 e. The van der Waals surface area contributed by atoms with Gasteiger partial charge in [-0.3, -0.25) is 4.79 Å². The Morgan fingerprint density at radius 3 is 2.63 bits per heavy atom. The van der Waals surface area contributed by atoms with E-state index >= 15 is 0 Å². The Morgan fingerprint density at radius 2 is 2.05 bits per heavy atom. The van der Waals surface area contributed by atoms with Crippen molar-refractivity contribution >= 4 is 33.0 Å². The molecule has 0 saturated heterocycles. The summed E-state index contributed by atoms with van der Waals surface area (Å²) < 4.78 is 33.5. The van der Waals surface area contributed by atoms with Crippen LogP contribution in [0.3, 0.4) is 0 Å². The maximum atomic E-state index is 14.1. The van der Waals surface area contributed by atoms with Crippen LogP contribution >= 0.6 is 27.3 Å². The van der Waals surface area contributed by atoms with E-state index in [1.54, 1.807) is 13.0 Å². The average Bonchev–Trinajstić information content (AvgIpc) is 2.80. The molecule has 0 saturated carbocycles. The van der Waals surface area contributed by atoms with E-state index in [4.69, 9.17) is 4.74 Å². The summed E-state index contributed by atoms with van der Waals surface area (Å²) in [6, 6.07) is 5.38. The van der Waals surface area contributed by atoms with Crippen molar-refractivity contribution in [3.05, 3.63) is 50.1 Å². The molecule has 0 fully saturated rings. The Balaban J connectivity index is 2.49. The van der Waals surface area contributed by atoms with Gasteiger partial charge in [-0.15, -0.1) is 11.3 Å². The summed E-state index contributed by atoms with van der Waals surface area (Å²) in [6.07, 6.45) is 0. The van der Waals surface area contributed by atoms with Crippen molar-refractivity contribution in [3.63, 3.8) is 0 Å². The molecule has 1 aromatic carbocycles. The molecule has 0 unspecified atom stereocenters. The number of thiophene rings is 1. The van der Waals surface area contributed by atoms with Crippen LogP contribution in [0.15, 0.2) is 28.1 Å². The third-order valence-corrected chi connectivity index (χ3v) is 4.00. The highest BCUT2D eigenvalue weighted by atomic mass is 79.9. The van der Waals surface area contributed by atoms with Crippen molar-refractivity contribution < 1.29 is 18.3 Å². The molecule has 0 aliphatic rings. The third kappa shape index (κ3) is 2.84. The van der Waals surface area contributed by atoms with E-state index < -0.39 is 23.0 Å². The van der Waals surface area contributed by atoms with Crippen LogP contribution in [0, 0.1) is 11.6 Å². The molecule has 1 aromatic heterocycles. The first-order valence-electron chi connectivity index (χ1n) is 5.45. The van der Waals surface area contributed by atoms with Gasteiger partial charge < -0.3 is 4.74 Å². The summed E-state index contributed by atoms with van der Waals surface area (Å²) in [5.41, 5.74) is -0.583. The number of ether oxygens (including phenoxy) is 1. The van der Waals surface area contributed by atoms with Crippen molar-refractivity contribution in [1.29, 1.82) is 0 Å². The fraction of sp³-hybridized carbons (Fsp3) is 0.154. The van der Waals surface area contributed by atoms with Crippen molar-refractivity contribution in [2.24, 2.45) is 0 Å². The molecule has 0 spiro atoms. The Labute approximate surface area is 121 Å². The minimum absolute atomic E-state index is 0.122. The number of benzene rings is 1. The van der Waals surface area contributed by atoms with Gasteiger partial charge in [0.25, 0.3) is 0 Å². The molecule has 6 heteroatoms. The SMILES string of the molecule is CCOc1ccc(F)c(C(=O)c2ccc(Br)s2)c1F. The van der Waals surface area contributed by atoms with Crippen molar-refractivity contribution in [1.82, 2.24) is 0 Å². The molecule has 0 aliphatic carbocycles. The standard InChI is InChI=1S/C13H9BrF2O2S/c1-2-18-8-4-3-7(15)11(12(8)16)13(17)9-5-6-10(14)19-9/h3-6H,2H2,1H3. The lowest BCUT2D eigenvalue weighted by atomic mass is 10.1. The van der Waals surface area contributed by atoms with Gasteiger partial charge in [-0.25, -0.2) is 8.78 Å². The van der Waals surface area contributed by atoms with E-state index in [-0.39, 0.29) is 17.2 Å². The maximum Gasteiger partial charge on any atom is 0.209 e. The number of hydrogen-bond acceptors (Lipinski definition) is 3. The van der Waals surface area contributed by atoms with Crippen LogP contribution in [-0.4, -0.2) is 12.4 Å². The minimum atomic E-state index is -0.962. The second-order valence-electron chi connectivity index (χ2n) is 3.60. The second kappa shape index (κ2) is 5.79. The molecule has 1 heterocycles. The minimum Gasteiger partial charge on any atom is -0.491 e. The van der Waals surface area contributed by atoms with E-state index in [1.807, 2.05) is 0 Å². The highest BCUT2D eigenvalue weighted by Crippen LogP contribution is 2.29. The van der Waals surface area contributed by atoms with E-state index in [0.717, 1.165) is 21.2 Å². The molecular weight excluding hydrogens is 338 g/mol. The molecule has 2 aromatic rings. The predicted octanol–water partition coefficient (Wildman–Crippen LogP) is 4.42. The summed E-state index contributed by atoms with van der Waals surface area (Å²) in [7, 11) is 0. The fourth-order valence-corrected chi connectivity index (χ4v) is 2.90. The molecular formula is C13H9BrF2O2S. The molecule has 19 heavy (non-hydrogen) atoms. The van der Waals surface area contributed by atoms with Gasteiger partial charge >= 0.3 is 0 Å². The zero-order valence-corrected chi connectivity index (χ0v) is 12.3. The Kier molecular flexibility index (Phi) is 4.31. The van der Waals surface area contributed by atoms with Gasteiger partial charge in [0.05, 0.1) is 20.8 Å². The summed E-state index contributed by atoms with van der Waals surface area (Å²) in [6.45, 7) is 1.92. The lowest BCUT2D eigenvalue weighted by Gasteiger charge is -2.08. The lowest BCUT2D eigenvalue weighted by molar-refractivity contribution is 0.103. The van der Waals surface area contributed by atoms with Crippen molar-refractivity contribution in [2.75, 3.05) is 6.61 Å². The van der Waals surface area contributed by atoms with E-state index in [1.165, 1.54) is 12.1 Å². The Bertz CT molecular complexity index is 625. The normalized spacial score (nSPS) is 10.5. The molecule has 0 radical (unpaired) electrons. The quantitative estimate of drug-likeness (QED) is 0.766. The predicted molar refractivity (Wildman–Crippen MR) is 73.0 cm³/mol. The number of carbonyl (C=O) groups excluding carboxylic acids is 1. The van der Waals surface area contributed by atoms with Gasteiger partial charge in [0.15, 0.2) is 11.6 Å². The summed E-state index contributed by atoms with van der Waals surface area (Å²) in [5.74, 6) is -2.66. The van der Waals surface area contributed by atoms with Crippen LogP contribution in [0.4, 0.5) is 8.78 Å². The molecule has 0 N–H and O–H groups in total. The zero-order valence-electron chi connectivity index (χ0n) is 9.88. The molecule has 0 bridgehead atoms. The van der Waals surface area contributed by atoms with Gasteiger partial charge in [0, 0.05) is 0 Å². The van der Waals surface area contributed by atoms with Gasteiger partial charge in [0.2, 0.25) is 5.78 Å². The summed E-state index contributed by atoms with van der Waals surface area (Å²) >= 11 is 4.32. The third-order valence-electron chi connectivity index (χ3n) is 2.38. The number of rotatable bonds is 4. The number of halogens is 3. The summed E-state index contributed by atoms with van der Waals surface area (Å²) in [5, 5.41) is 0. The zero-order chi connectivity index (χ0) is 14.0. The highest BCUT2D eigenvalue weighted by Gasteiger charge is 2.23. The van der Waals surface area contributed by atoms with Gasteiger partial charge in [-0.2, -0.15) is 0 Å². The topological polar surface area (TPSA) is 26.3 Å². The first-order chi connectivity index (χ1) is 9.04. The number of carbonyl (C=O) groups is 1. The van der Waals surface area contributed by atoms with Crippen LogP contribution in [0.2, 0.25) is 0 Å². The van der Waals surface area contributed by atoms with Gasteiger partial charge in [-0.1, -0.05) is 0 Å².